The Hall–Kier alpha value is -2.32. The van der Waals surface area contributed by atoms with E-state index in [1.807, 2.05) is 0 Å². The Morgan fingerprint density at radius 2 is 2.00 bits per heavy atom. The molecule has 0 aliphatic carbocycles. The van der Waals surface area contributed by atoms with E-state index in [2.05, 4.69) is 16.9 Å². The van der Waals surface area contributed by atoms with Crippen molar-refractivity contribution in [1.82, 2.24) is 5.32 Å². The molecule has 1 atom stereocenters. The number of aliphatic imine (C=N–C) groups is 1. The normalized spacial score (nSPS) is 14.3. The van der Waals surface area contributed by atoms with Gasteiger partial charge in [-0.3, -0.25) is 4.99 Å². The van der Waals surface area contributed by atoms with Crippen molar-refractivity contribution in [2.24, 2.45) is 10.7 Å². The first-order chi connectivity index (χ1) is 11.1. The fraction of sp³-hybridized carbons (Fsp3) is 0.312. The van der Waals surface area contributed by atoms with Gasteiger partial charge in [-0.25, -0.2) is 8.42 Å². The summed E-state index contributed by atoms with van der Waals surface area (Å²) in [5.41, 5.74) is 13.5. The van der Waals surface area contributed by atoms with Crippen molar-refractivity contribution < 1.29 is 13.5 Å². The molecule has 0 heterocycles. The molecule has 0 saturated carbocycles. The lowest BCUT2D eigenvalue weighted by Gasteiger charge is -2.13. The third kappa shape index (κ3) is 7.30. The maximum atomic E-state index is 11.3. The number of benzene rings is 1. The molecule has 0 spiro atoms. The summed E-state index contributed by atoms with van der Waals surface area (Å²) in [5.74, 6) is 0.0368. The maximum absolute atomic E-state index is 11.3. The molecule has 7 nitrogen and oxygen atoms in total. The van der Waals surface area contributed by atoms with Crippen LogP contribution in [0.5, 0.6) is 0 Å². The van der Waals surface area contributed by atoms with Crippen LogP contribution in [0.4, 0.5) is 5.69 Å². The third-order valence-corrected chi connectivity index (χ3v) is 3.77. The highest BCUT2D eigenvalue weighted by atomic mass is 32.2. The van der Waals surface area contributed by atoms with Gasteiger partial charge >= 0.3 is 0 Å². The van der Waals surface area contributed by atoms with E-state index < -0.39 is 9.84 Å². The number of aliphatic hydroxyl groups excluding tert-OH is 1. The van der Waals surface area contributed by atoms with E-state index in [1.165, 1.54) is 6.08 Å². The summed E-state index contributed by atoms with van der Waals surface area (Å²) in [6, 6.07) is 6.68. The highest BCUT2D eigenvalue weighted by molar-refractivity contribution is 7.90. The predicted molar refractivity (Wildman–Crippen MR) is 99.0 cm³/mol. The first-order valence-electron chi connectivity index (χ1n) is 7.25. The van der Waals surface area contributed by atoms with Gasteiger partial charge in [0.05, 0.1) is 18.4 Å². The second kappa shape index (κ2) is 8.51. The number of nitrogen functional groups attached to an aromatic ring is 1. The summed E-state index contributed by atoms with van der Waals surface area (Å²) < 4.78 is 22.7. The molecular weight excluding hydrogens is 328 g/mol. The molecule has 1 aromatic rings. The number of amidine groups is 1. The standard InChI is InChI=1S/C16H24N4O3S/c1-11(9-21)19-16(8-15(18)10-24(3,22)23)20-12(2)13-4-6-14(17)7-5-13/h4-8,11,21H,2,9-10,17-18H2,1,3H3,(H,19,20)/b15-8-/t11-/m0/s1. The zero-order valence-corrected chi connectivity index (χ0v) is 14.7. The van der Waals surface area contributed by atoms with Gasteiger partial charge < -0.3 is 21.9 Å². The van der Waals surface area contributed by atoms with Crippen molar-refractivity contribution in [3.8, 4) is 0 Å². The second-order valence-corrected chi connectivity index (χ2v) is 7.70. The smallest absolute Gasteiger partial charge is 0.153 e. The minimum Gasteiger partial charge on any atom is -0.401 e. The van der Waals surface area contributed by atoms with Gasteiger partial charge in [0, 0.05) is 29.4 Å². The molecule has 0 bridgehead atoms. The number of anilines is 1. The molecule has 0 aromatic heterocycles. The molecular formula is C16H24N4O3S. The van der Waals surface area contributed by atoms with Crippen molar-refractivity contribution in [2.45, 2.75) is 13.0 Å². The van der Waals surface area contributed by atoms with Crippen molar-refractivity contribution in [1.29, 1.82) is 0 Å². The average Bonchev–Trinajstić information content (AvgIpc) is 2.45. The Labute approximate surface area is 142 Å². The van der Waals surface area contributed by atoms with Gasteiger partial charge in [0.25, 0.3) is 0 Å². The zero-order chi connectivity index (χ0) is 18.3. The van der Waals surface area contributed by atoms with E-state index in [9.17, 15) is 8.42 Å². The molecule has 0 aliphatic heterocycles. The Morgan fingerprint density at radius 1 is 1.42 bits per heavy atom. The van der Waals surface area contributed by atoms with Crippen LogP contribution in [-0.2, 0) is 9.84 Å². The molecule has 0 aliphatic rings. The lowest BCUT2D eigenvalue weighted by Crippen LogP contribution is -2.25. The van der Waals surface area contributed by atoms with Crippen LogP contribution < -0.4 is 16.8 Å². The molecule has 24 heavy (non-hydrogen) atoms. The number of hydrogen-bond acceptors (Lipinski definition) is 6. The quantitative estimate of drug-likeness (QED) is 0.321. The Balaban J connectivity index is 3.02. The van der Waals surface area contributed by atoms with Crippen LogP contribution in [0.25, 0.3) is 5.70 Å². The lowest BCUT2D eigenvalue weighted by molar-refractivity contribution is 0.274. The molecule has 1 aromatic carbocycles. The number of hydrogen-bond donors (Lipinski definition) is 4. The van der Waals surface area contributed by atoms with Crippen LogP contribution in [0, 0.1) is 0 Å². The van der Waals surface area contributed by atoms with E-state index in [0.717, 1.165) is 11.8 Å². The Bertz CT molecular complexity index is 737. The van der Waals surface area contributed by atoms with Crippen LogP contribution in [0.2, 0.25) is 0 Å². The van der Waals surface area contributed by atoms with Crippen LogP contribution >= 0.6 is 0 Å². The third-order valence-electron chi connectivity index (χ3n) is 2.91. The number of nitrogens with one attached hydrogen (secondary N) is 1. The minimum atomic E-state index is -3.25. The summed E-state index contributed by atoms with van der Waals surface area (Å²) in [4.78, 5) is 4.27. The molecule has 8 heteroatoms. The fourth-order valence-electron chi connectivity index (χ4n) is 1.81. The minimum absolute atomic E-state index is 0.138. The molecule has 1 rings (SSSR count). The zero-order valence-electron chi connectivity index (χ0n) is 13.9. The summed E-state index contributed by atoms with van der Waals surface area (Å²) in [5, 5.41) is 12.2. The second-order valence-electron chi connectivity index (χ2n) is 5.56. The van der Waals surface area contributed by atoms with E-state index in [1.54, 1.807) is 31.2 Å². The molecule has 0 unspecified atom stereocenters. The number of aliphatic hydroxyl groups is 1. The summed E-state index contributed by atoms with van der Waals surface area (Å²) in [7, 11) is -3.25. The maximum Gasteiger partial charge on any atom is 0.153 e. The van der Waals surface area contributed by atoms with Crippen molar-refractivity contribution >= 4 is 27.1 Å². The van der Waals surface area contributed by atoms with Crippen molar-refractivity contribution in [3.63, 3.8) is 0 Å². The Morgan fingerprint density at radius 3 is 2.50 bits per heavy atom. The largest absolute Gasteiger partial charge is 0.401 e. The van der Waals surface area contributed by atoms with E-state index in [-0.39, 0.29) is 24.1 Å². The van der Waals surface area contributed by atoms with Gasteiger partial charge in [0.1, 0.15) is 5.84 Å². The van der Waals surface area contributed by atoms with Crippen LogP contribution in [0.15, 0.2) is 47.6 Å². The average molecular weight is 352 g/mol. The van der Waals surface area contributed by atoms with Crippen LogP contribution in [0.1, 0.15) is 12.5 Å². The summed E-state index contributed by atoms with van der Waals surface area (Å²) in [6.45, 7) is 5.49. The fourth-order valence-corrected chi connectivity index (χ4v) is 2.50. The van der Waals surface area contributed by atoms with Gasteiger partial charge in [-0.1, -0.05) is 18.7 Å². The summed E-state index contributed by atoms with van der Waals surface area (Å²) in [6.07, 6.45) is 2.53. The molecule has 0 amide bonds. The van der Waals surface area contributed by atoms with Crippen molar-refractivity contribution in [2.75, 3.05) is 24.3 Å². The first kappa shape index (κ1) is 19.7. The van der Waals surface area contributed by atoms with Crippen molar-refractivity contribution in [3.05, 3.63) is 48.2 Å². The van der Waals surface area contributed by atoms with Gasteiger partial charge in [-0.2, -0.15) is 0 Å². The molecule has 0 saturated heterocycles. The number of nitrogens with zero attached hydrogens (tertiary/aromatic N) is 1. The molecule has 6 N–H and O–H groups in total. The monoisotopic (exact) mass is 352 g/mol. The van der Waals surface area contributed by atoms with Gasteiger partial charge in [-0.05, 0) is 24.6 Å². The van der Waals surface area contributed by atoms with Crippen LogP contribution in [0.3, 0.4) is 0 Å². The Kier molecular flexibility index (Phi) is 6.99. The highest BCUT2D eigenvalue weighted by Gasteiger charge is 2.08. The number of rotatable bonds is 7. The van der Waals surface area contributed by atoms with Gasteiger partial charge in [-0.15, -0.1) is 0 Å². The van der Waals surface area contributed by atoms with Crippen LogP contribution in [-0.4, -0.2) is 44.0 Å². The molecule has 0 fully saturated rings. The molecule has 0 radical (unpaired) electrons. The SMILES string of the molecule is C=C(NC(/C=C(\N)CS(C)(=O)=O)=N[C@@H](C)CO)c1ccc(N)cc1. The van der Waals surface area contributed by atoms with E-state index in [0.29, 0.717) is 17.2 Å². The van der Waals surface area contributed by atoms with Gasteiger partial charge in [0.2, 0.25) is 0 Å². The van der Waals surface area contributed by atoms with E-state index >= 15 is 0 Å². The number of sulfone groups is 1. The molecule has 132 valence electrons. The first-order valence-corrected chi connectivity index (χ1v) is 9.31. The predicted octanol–water partition coefficient (Wildman–Crippen LogP) is 0.496. The summed E-state index contributed by atoms with van der Waals surface area (Å²) >= 11 is 0. The highest BCUT2D eigenvalue weighted by Crippen LogP contribution is 2.12. The topological polar surface area (TPSA) is 131 Å². The van der Waals surface area contributed by atoms with E-state index in [4.69, 9.17) is 16.6 Å². The lowest BCUT2D eigenvalue weighted by atomic mass is 10.1. The number of nitrogens with two attached hydrogens (primary N) is 2. The van der Waals surface area contributed by atoms with Gasteiger partial charge in [0.15, 0.2) is 9.84 Å².